The van der Waals surface area contributed by atoms with E-state index in [9.17, 15) is 4.39 Å². The smallest absolute Gasteiger partial charge is 0.123 e. The molecule has 0 unspecified atom stereocenters. The highest BCUT2D eigenvalue weighted by atomic mass is 19.1. The maximum absolute atomic E-state index is 14.1. The lowest BCUT2D eigenvalue weighted by atomic mass is 9.66. The molecular weight excluding hydrogens is 349 g/mol. The zero-order valence-electron chi connectivity index (χ0n) is 17.0. The van der Waals surface area contributed by atoms with Gasteiger partial charge in [-0.1, -0.05) is 54.8 Å². The van der Waals surface area contributed by atoms with E-state index in [1.165, 1.54) is 24.0 Å². The monoisotopic (exact) mass is 381 g/mol. The summed E-state index contributed by atoms with van der Waals surface area (Å²) in [7, 11) is 0. The summed E-state index contributed by atoms with van der Waals surface area (Å²) < 4.78 is 20.4. The van der Waals surface area contributed by atoms with Gasteiger partial charge in [-0.3, -0.25) is 0 Å². The van der Waals surface area contributed by atoms with Crippen LogP contribution in [0.5, 0.6) is 0 Å². The molecule has 1 aliphatic carbocycles. The second-order valence-corrected chi connectivity index (χ2v) is 8.87. The van der Waals surface area contributed by atoms with Crippen molar-refractivity contribution in [2.45, 2.75) is 69.4 Å². The van der Waals surface area contributed by atoms with E-state index in [1.807, 2.05) is 6.07 Å². The Bertz CT molecular complexity index is 799. The maximum Gasteiger partial charge on any atom is 0.123 e. The summed E-state index contributed by atoms with van der Waals surface area (Å²) in [5.74, 6) is -0.128. The quantitative estimate of drug-likeness (QED) is 0.651. The van der Waals surface area contributed by atoms with E-state index in [2.05, 4.69) is 42.6 Å². The number of rotatable bonds is 6. The normalized spacial score (nSPS) is 23.9. The molecule has 0 aromatic heterocycles. The van der Waals surface area contributed by atoms with E-state index in [-0.39, 0.29) is 16.8 Å². The van der Waals surface area contributed by atoms with Crippen LogP contribution in [0.3, 0.4) is 0 Å². The lowest BCUT2D eigenvalue weighted by Gasteiger charge is -2.47. The minimum absolute atomic E-state index is 0.00426. The van der Waals surface area contributed by atoms with Crippen LogP contribution in [0.2, 0.25) is 0 Å². The molecule has 1 atom stereocenters. The van der Waals surface area contributed by atoms with Gasteiger partial charge in [-0.15, -0.1) is 0 Å². The fraction of sp³-hybridized carbons (Fsp3) is 0.520. The Hall–Kier alpha value is -1.71. The van der Waals surface area contributed by atoms with Crippen LogP contribution in [-0.2, 0) is 16.7 Å². The molecule has 4 rings (SSSR count). The topological polar surface area (TPSA) is 21.3 Å². The van der Waals surface area contributed by atoms with Gasteiger partial charge in [0.25, 0.3) is 0 Å². The molecule has 2 aliphatic rings. The third-order valence-corrected chi connectivity index (χ3v) is 6.79. The van der Waals surface area contributed by atoms with Crippen molar-refractivity contribution in [2.24, 2.45) is 0 Å². The summed E-state index contributed by atoms with van der Waals surface area (Å²) in [6.07, 6.45) is 7.84. The van der Waals surface area contributed by atoms with Gasteiger partial charge in [0.15, 0.2) is 0 Å². The molecule has 1 aliphatic heterocycles. The first kappa shape index (κ1) is 19.6. The van der Waals surface area contributed by atoms with E-state index in [1.54, 1.807) is 12.1 Å². The number of hydrogen-bond acceptors (Lipinski definition) is 2. The van der Waals surface area contributed by atoms with Crippen LogP contribution in [0.15, 0.2) is 48.5 Å². The summed E-state index contributed by atoms with van der Waals surface area (Å²) in [5.41, 5.74) is 3.78. The van der Waals surface area contributed by atoms with Crippen LogP contribution in [-0.4, -0.2) is 18.8 Å². The summed E-state index contributed by atoms with van der Waals surface area (Å²) in [4.78, 5) is 0. The van der Waals surface area contributed by atoms with Crippen molar-refractivity contribution in [3.8, 4) is 0 Å². The molecule has 2 aromatic carbocycles. The second kappa shape index (κ2) is 8.34. The predicted octanol–water partition coefficient (Wildman–Crippen LogP) is 5.68. The average Bonchev–Trinajstić information content (AvgIpc) is 3.13. The largest absolute Gasteiger partial charge is 0.375 e. The molecule has 1 saturated heterocycles. The van der Waals surface area contributed by atoms with Gasteiger partial charge in [0.1, 0.15) is 5.82 Å². The summed E-state index contributed by atoms with van der Waals surface area (Å²) in [6.45, 7) is 4.73. The highest BCUT2D eigenvalue weighted by Gasteiger charge is 2.47. The third kappa shape index (κ3) is 4.31. The first-order valence-corrected chi connectivity index (χ1v) is 10.8. The number of nitrogens with one attached hydrogen (secondary N) is 1. The fourth-order valence-electron chi connectivity index (χ4n) is 5.36. The molecule has 3 heteroatoms. The molecule has 1 saturated carbocycles. The standard InChI is InChI=1S/C25H32FNO/c1-20-6-4-7-21(16-20)18-27-14-12-24(22-8-5-9-23(26)17-22)13-15-28-25(19-24)10-2-3-11-25/h4-9,16-17,27H,2-3,10-15,18-19H2,1H3/t24-/m0/s1. The van der Waals surface area contributed by atoms with Crippen LogP contribution in [0.1, 0.15) is 61.6 Å². The summed E-state index contributed by atoms with van der Waals surface area (Å²) in [6, 6.07) is 15.9. The molecule has 0 radical (unpaired) electrons. The minimum Gasteiger partial charge on any atom is -0.375 e. The van der Waals surface area contributed by atoms with E-state index in [0.29, 0.717) is 0 Å². The molecule has 0 amide bonds. The van der Waals surface area contributed by atoms with Crippen LogP contribution < -0.4 is 5.32 Å². The fourth-order valence-corrected chi connectivity index (χ4v) is 5.36. The van der Waals surface area contributed by atoms with E-state index in [0.717, 1.165) is 57.4 Å². The van der Waals surface area contributed by atoms with Crippen molar-refractivity contribution in [2.75, 3.05) is 13.2 Å². The lowest BCUT2D eigenvalue weighted by molar-refractivity contribution is -0.103. The molecule has 0 bridgehead atoms. The van der Waals surface area contributed by atoms with Crippen LogP contribution in [0, 0.1) is 12.7 Å². The molecule has 1 heterocycles. The molecule has 150 valence electrons. The second-order valence-electron chi connectivity index (χ2n) is 8.87. The summed E-state index contributed by atoms with van der Waals surface area (Å²) in [5, 5.41) is 3.63. The number of benzene rings is 2. The molecular formula is C25H32FNO. The number of hydrogen-bond donors (Lipinski definition) is 1. The van der Waals surface area contributed by atoms with E-state index >= 15 is 0 Å². The van der Waals surface area contributed by atoms with Gasteiger partial charge in [-0.25, -0.2) is 4.39 Å². The van der Waals surface area contributed by atoms with E-state index in [4.69, 9.17) is 4.74 Å². The molecule has 1 N–H and O–H groups in total. The Balaban J connectivity index is 1.48. The number of halogens is 1. The third-order valence-electron chi connectivity index (χ3n) is 6.79. The number of aryl methyl sites for hydroxylation is 1. The van der Waals surface area contributed by atoms with Gasteiger partial charge < -0.3 is 10.1 Å². The van der Waals surface area contributed by atoms with Gasteiger partial charge in [0, 0.05) is 18.6 Å². The lowest BCUT2D eigenvalue weighted by Crippen LogP contribution is -2.47. The Kier molecular flexibility index (Phi) is 5.84. The van der Waals surface area contributed by atoms with Crippen LogP contribution >= 0.6 is 0 Å². The van der Waals surface area contributed by atoms with Gasteiger partial charge in [-0.05, 0) is 68.8 Å². The Labute approximate surface area is 168 Å². The molecule has 28 heavy (non-hydrogen) atoms. The SMILES string of the molecule is Cc1cccc(CNCC[C@]2(c3cccc(F)c3)CCOC3(CCCC3)C2)c1. The van der Waals surface area contributed by atoms with Crippen molar-refractivity contribution in [1.29, 1.82) is 0 Å². The average molecular weight is 382 g/mol. The van der Waals surface area contributed by atoms with Gasteiger partial charge in [-0.2, -0.15) is 0 Å². The molecule has 2 nitrogen and oxygen atoms in total. The first-order valence-electron chi connectivity index (χ1n) is 10.8. The summed E-state index contributed by atoms with van der Waals surface area (Å²) >= 11 is 0. The molecule has 2 fully saturated rings. The first-order chi connectivity index (χ1) is 13.6. The van der Waals surface area contributed by atoms with Gasteiger partial charge in [0.05, 0.1) is 5.60 Å². The number of ether oxygens (including phenoxy) is 1. The van der Waals surface area contributed by atoms with Crippen molar-refractivity contribution >= 4 is 0 Å². The zero-order chi connectivity index (χ0) is 19.5. The van der Waals surface area contributed by atoms with Crippen molar-refractivity contribution in [3.63, 3.8) is 0 Å². The molecule has 2 aromatic rings. The predicted molar refractivity (Wildman–Crippen MR) is 112 cm³/mol. The van der Waals surface area contributed by atoms with Crippen LogP contribution in [0.4, 0.5) is 4.39 Å². The Morgan fingerprint density at radius 3 is 2.64 bits per heavy atom. The zero-order valence-corrected chi connectivity index (χ0v) is 17.0. The minimum atomic E-state index is -0.128. The molecule has 1 spiro atoms. The van der Waals surface area contributed by atoms with E-state index < -0.39 is 0 Å². The van der Waals surface area contributed by atoms with Crippen molar-refractivity contribution in [3.05, 3.63) is 71.0 Å². The maximum atomic E-state index is 14.1. The highest BCUT2D eigenvalue weighted by molar-refractivity contribution is 5.28. The Morgan fingerprint density at radius 2 is 1.86 bits per heavy atom. The van der Waals surface area contributed by atoms with Crippen molar-refractivity contribution < 1.29 is 9.13 Å². The highest BCUT2D eigenvalue weighted by Crippen LogP contribution is 2.50. The van der Waals surface area contributed by atoms with Crippen molar-refractivity contribution in [1.82, 2.24) is 5.32 Å². The van der Waals surface area contributed by atoms with Crippen LogP contribution in [0.25, 0.3) is 0 Å². The Morgan fingerprint density at radius 1 is 1.04 bits per heavy atom. The van der Waals surface area contributed by atoms with Gasteiger partial charge in [0.2, 0.25) is 0 Å². The van der Waals surface area contributed by atoms with Gasteiger partial charge >= 0.3 is 0 Å².